The Balaban J connectivity index is 2.06. The second-order valence-electron chi connectivity index (χ2n) is 5.27. The van der Waals surface area contributed by atoms with E-state index in [9.17, 15) is 9.59 Å². The third-order valence-electron chi connectivity index (χ3n) is 3.75. The number of likely N-dealkylation sites (tertiary alicyclic amines) is 1. The first-order valence-corrected chi connectivity index (χ1v) is 7.68. The lowest BCUT2D eigenvalue weighted by molar-refractivity contribution is -0.137. The number of hydrogen-bond acceptors (Lipinski definition) is 2. The number of benzene rings is 1. The third kappa shape index (κ3) is 3.69. The Morgan fingerprint density at radius 2 is 2.10 bits per heavy atom. The number of amides is 2. The van der Waals surface area contributed by atoms with Gasteiger partial charge in [0.15, 0.2) is 0 Å². The van der Waals surface area contributed by atoms with Crippen molar-refractivity contribution in [3.63, 3.8) is 0 Å². The summed E-state index contributed by atoms with van der Waals surface area (Å²) in [7, 11) is 0. The molecule has 6 heteroatoms. The van der Waals surface area contributed by atoms with Gasteiger partial charge in [0, 0.05) is 23.5 Å². The number of hydrogen-bond donors (Lipinski definition) is 1. The summed E-state index contributed by atoms with van der Waals surface area (Å²) in [4.78, 5) is 25.5. The normalized spacial score (nSPS) is 19.4. The van der Waals surface area contributed by atoms with Crippen LogP contribution in [0.15, 0.2) is 18.2 Å². The standard InChI is InChI=1S/C15H18Cl2N2O2/c1-9(12-6-5-11(16)8-13(12)17)18-15(21)14-4-3-7-19(14)10(2)20/h5-6,8-9,14H,3-4,7H2,1-2H3,(H,18,21)/t9-,14+/m0/s1. The van der Waals surface area contributed by atoms with Gasteiger partial charge in [-0.3, -0.25) is 9.59 Å². The summed E-state index contributed by atoms with van der Waals surface area (Å²) in [5, 5.41) is 4.00. The number of nitrogens with one attached hydrogen (secondary N) is 1. The van der Waals surface area contributed by atoms with Crippen LogP contribution in [0.25, 0.3) is 0 Å². The molecule has 0 saturated carbocycles. The predicted molar refractivity (Wildman–Crippen MR) is 83.4 cm³/mol. The van der Waals surface area contributed by atoms with Crippen molar-refractivity contribution in [2.45, 2.75) is 38.8 Å². The SMILES string of the molecule is CC(=O)N1CCC[C@@H]1C(=O)N[C@@H](C)c1ccc(Cl)cc1Cl. The largest absolute Gasteiger partial charge is 0.348 e. The Morgan fingerprint density at radius 1 is 1.38 bits per heavy atom. The van der Waals surface area contributed by atoms with E-state index >= 15 is 0 Å². The summed E-state index contributed by atoms with van der Waals surface area (Å²) >= 11 is 12.0. The molecule has 0 bridgehead atoms. The average molecular weight is 329 g/mol. The molecule has 1 aliphatic heterocycles. The predicted octanol–water partition coefficient (Wildman–Crippen LogP) is 3.18. The molecule has 0 unspecified atom stereocenters. The van der Waals surface area contributed by atoms with Crippen molar-refractivity contribution in [1.29, 1.82) is 0 Å². The zero-order valence-corrected chi connectivity index (χ0v) is 13.5. The lowest BCUT2D eigenvalue weighted by Crippen LogP contribution is -2.45. The van der Waals surface area contributed by atoms with Crippen LogP contribution in [0.4, 0.5) is 0 Å². The van der Waals surface area contributed by atoms with Gasteiger partial charge in [-0.15, -0.1) is 0 Å². The minimum Gasteiger partial charge on any atom is -0.348 e. The molecule has 114 valence electrons. The van der Waals surface area contributed by atoms with E-state index in [1.54, 1.807) is 23.1 Å². The first-order chi connectivity index (χ1) is 9.90. The Labute approximate surface area is 134 Å². The molecule has 1 aliphatic rings. The van der Waals surface area contributed by atoms with Crippen molar-refractivity contribution in [3.8, 4) is 0 Å². The van der Waals surface area contributed by atoms with Crippen LogP contribution in [0, 0.1) is 0 Å². The van der Waals surface area contributed by atoms with E-state index in [-0.39, 0.29) is 23.9 Å². The van der Waals surface area contributed by atoms with Gasteiger partial charge in [0.2, 0.25) is 11.8 Å². The Morgan fingerprint density at radius 3 is 2.71 bits per heavy atom. The van der Waals surface area contributed by atoms with Crippen molar-refractivity contribution in [3.05, 3.63) is 33.8 Å². The van der Waals surface area contributed by atoms with Gasteiger partial charge < -0.3 is 10.2 Å². The highest BCUT2D eigenvalue weighted by molar-refractivity contribution is 6.35. The second kappa shape index (κ2) is 6.67. The summed E-state index contributed by atoms with van der Waals surface area (Å²) in [5.41, 5.74) is 0.807. The molecule has 0 aromatic heterocycles. The van der Waals surface area contributed by atoms with E-state index in [0.717, 1.165) is 12.0 Å². The maximum absolute atomic E-state index is 12.3. The molecule has 0 spiro atoms. The molecule has 1 aromatic carbocycles. The van der Waals surface area contributed by atoms with Gasteiger partial charge in [0.25, 0.3) is 0 Å². The second-order valence-corrected chi connectivity index (χ2v) is 6.11. The van der Waals surface area contributed by atoms with Gasteiger partial charge in [-0.05, 0) is 37.5 Å². The number of rotatable bonds is 3. The first-order valence-electron chi connectivity index (χ1n) is 6.92. The van der Waals surface area contributed by atoms with Crippen LogP contribution in [0.3, 0.4) is 0 Å². The van der Waals surface area contributed by atoms with E-state index in [1.807, 2.05) is 6.92 Å². The molecular formula is C15H18Cl2N2O2. The van der Waals surface area contributed by atoms with Gasteiger partial charge in [-0.2, -0.15) is 0 Å². The highest BCUT2D eigenvalue weighted by Gasteiger charge is 2.33. The topological polar surface area (TPSA) is 49.4 Å². The molecule has 4 nitrogen and oxygen atoms in total. The molecule has 0 radical (unpaired) electrons. The van der Waals surface area contributed by atoms with Crippen LogP contribution in [0.1, 0.15) is 38.3 Å². The minimum absolute atomic E-state index is 0.0650. The van der Waals surface area contributed by atoms with Crippen LogP contribution in [-0.4, -0.2) is 29.3 Å². The molecule has 1 heterocycles. The van der Waals surface area contributed by atoms with Gasteiger partial charge in [-0.25, -0.2) is 0 Å². The highest BCUT2D eigenvalue weighted by Crippen LogP contribution is 2.27. The molecule has 2 amide bonds. The molecular weight excluding hydrogens is 311 g/mol. The average Bonchev–Trinajstić information content (AvgIpc) is 2.87. The van der Waals surface area contributed by atoms with Gasteiger partial charge >= 0.3 is 0 Å². The van der Waals surface area contributed by atoms with Crippen LogP contribution in [0.5, 0.6) is 0 Å². The molecule has 0 aliphatic carbocycles. The zero-order chi connectivity index (χ0) is 15.6. The van der Waals surface area contributed by atoms with Crippen molar-refractivity contribution in [2.75, 3.05) is 6.54 Å². The van der Waals surface area contributed by atoms with Crippen molar-refractivity contribution < 1.29 is 9.59 Å². The van der Waals surface area contributed by atoms with Crippen molar-refractivity contribution in [1.82, 2.24) is 10.2 Å². The van der Waals surface area contributed by atoms with Crippen LogP contribution in [-0.2, 0) is 9.59 Å². The zero-order valence-electron chi connectivity index (χ0n) is 12.0. The number of halogens is 2. The molecule has 2 atom stereocenters. The Bertz CT molecular complexity index is 563. The number of carbonyl (C=O) groups excluding carboxylic acids is 2. The van der Waals surface area contributed by atoms with Crippen molar-refractivity contribution >= 4 is 35.0 Å². The summed E-state index contributed by atoms with van der Waals surface area (Å²) in [5.74, 6) is -0.203. The summed E-state index contributed by atoms with van der Waals surface area (Å²) < 4.78 is 0. The molecule has 1 fully saturated rings. The van der Waals surface area contributed by atoms with Gasteiger partial charge in [0.1, 0.15) is 6.04 Å². The smallest absolute Gasteiger partial charge is 0.243 e. The quantitative estimate of drug-likeness (QED) is 0.926. The summed E-state index contributed by atoms with van der Waals surface area (Å²) in [6.07, 6.45) is 1.56. The summed E-state index contributed by atoms with van der Waals surface area (Å²) in [6.45, 7) is 3.99. The third-order valence-corrected chi connectivity index (χ3v) is 4.31. The van der Waals surface area contributed by atoms with Crippen LogP contribution < -0.4 is 5.32 Å². The monoisotopic (exact) mass is 328 g/mol. The maximum Gasteiger partial charge on any atom is 0.243 e. The van der Waals surface area contributed by atoms with E-state index in [1.165, 1.54) is 6.92 Å². The molecule has 1 N–H and O–H groups in total. The maximum atomic E-state index is 12.3. The number of nitrogens with zero attached hydrogens (tertiary/aromatic N) is 1. The molecule has 1 aromatic rings. The lowest BCUT2D eigenvalue weighted by Gasteiger charge is -2.24. The van der Waals surface area contributed by atoms with Crippen LogP contribution in [0.2, 0.25) is 10.0 Å². The van der Waals surface area contributed by atoms with Crippen molar-refractivity contribution in [2.24, 2.45) is 0 Å². The molecule has 21 heavy (non-hydrogen) atoms. The molecule has 2 rings (SSSR count). The van der Waals surface area contributed by atoms with E-state index < -0.39 is 0 Å². The van der Waals surface area contributed by atoms with E-state index in [0.29, 0.717) is 23.0 Å². The fourth-order valence-corrected chi connectivity index (χ4v) is 3.23. The highest BCUT2D eigenvalue weighted by atomic mass is 35.5. The van der Waals surface area contributed by atoms with E-state index in [2.05, 4.69) is 5.32 Å². The summed E-state index contributed by atoms with van der Waals surface area (Å²) in [6, 6.07) is 4.57. The fourth-order valence-electron chi connectivity index (χ4n) is 2.66. The van der Waals surface area contributed by atoms with E-state index in [4.69, 9.17) is 23.2 Å². The fraction of sp³-hybridized carbons (Fsp3) is 0.467. The minimum atomic E-state index is -0.379. The van der Waals surface area contributed by atoms with Gasteiger partial charge in [0.05, 0.1) is 6.04 Å². The number of carbonyl (C=O) groups is 2. The van der Waals surface area contributed by atoms with Crippen LogP contribution >= 0.6 is 23.2 Å². The van der Waals surface area contributed by atoms with Gasteiger partial charge in [-0.1, -0.05) is 29.3 Å². The Hall–Kier alpha value is -1.26. The first kappa shape index (κ1) is 16.1. The Kier molecular flexibility index (Phi) is 5.12. The molecule has 1 saturated heterocycles. The lowest BCUT2D eigenvalue weighted by atomic mass is 10.1.